The third-order valence-corrected chi connectivity index (χ3v) is 12.5. The fraction of sp³-hybridized carbons (Fsp3) is 0. The van der Waals surface area contributed by atoms with Crippen LogP contribution in [0, 0.1) is 11.3 Å². The first-order chi connectivity index (χ1) is 29.8. The Morgan fingerprint density at radius 2 is 0.700 bits per heavy atom. The number of rotatable bonds is 4. The van der Waals surface area contributed by atoms with E-state index in [0.29, 0.717) is 11.1 Å². The summed E-state index contributed by atoms with van der Waals surface area (Å²) in [4.78, 5) is 0. The molecule has 0 aliphatic heterocycles. The van der Waals surface area contributed by atoms with Crippen molar-refractivity contribution < 1.29 is 4.42 Å². The van der Waals surface area contributed by atoms with E-state index in [1.807, 2.05) is 6.07 Å². The lowest BCUT2D eigenvalue weighted by Crippen LogP contribution is -2.12. The van der Waals surface area contributed by atoms with Gasteiger partial charge in [0.25, 0.3) is 0 Å². The van der Waals surface area contributed by atoms with Crippen LogP contribution in [0.3, 0.4) is 0 Å². The molecular weight excluding hydrogens is 733 g/mol. The average molecular weight is 765 g/mol. The Balaban J connectivity index is 1.39. The van der Waals surface area contributed by atoms with Crippen LogP contribution in [-0.2, 0) is 0 Å². The maximum absolute atomic E-state index is 11.8. The molecule has 0 aliphatic carbocycles. The number of benzene rings is 9. The molecule has 0 fully saturated rings. The van der Waals surface area contributed by atoms with Crippen molar-refractivity contribution >= 4 is 87.4 Å². The summed E-state index contributed by atoms with van der Waals surface area (Å²) >= 11 is 0. The first-order valence-electron chi connectivity index (χ1n) is 20.3. The highest BCUT2D eigenvalue weighted by molar-refractivity contribution is 6.22. The highest BCUT2D eigenvalue weighted by Gasteiger charge is 2.33. The molecule has 0 spiro atoms. The molecule has 0 saturated carbocycles. The number of nitrogens with zero attached hydrogens (tertiary/aromatic N) is 4. The first-order valence-corrected chi connectivity index (χ1v) is 20.3. The van der Waals surface area contributed by atoms with Crippen LogP contribution in [0.2, 0.25) is 0 Å². The summed E-state index contributed by atoms with van der Waals surface area (Å²) in [6.45, 7) is 0. The smallest absolute Gasteiger partial charge is 0.157 e. The monoisotopic (exact) mass is 764 g/mol. The summed E-state index contributed by atoms with van der Waals surface area (Å²) in [6, 6.07) is 71.2. The molecule has 4 heterocycles. The van der Waals surface area contributed by atoms with E-state index in [4.69, 9.17) is 4.42 Å². The second kappa shape index (κ2) is 12.3. The van der Waals surface area contributed by atoms with Gasteiger partial charge in [0.05, 0.1) is 55.5 Å². The molecule has 4 aromatic heterocycles. The third-order valence-electron chi connectivity index (χ3n) is 12.5. The minimum Gasteiger partial charge on any atom is -0.454 e. The zero-order valence-electron chi connectivity index (χ0n) is 32.2. The van der Waals surface area contributed by atoms with Crippen molar-refractivity contribution in [2.75, 3.05) is 0 Å². The second-order valence-electron chi connectivity index (χ2n) is 15.5. The molecule has 0 aliphatic rings. The molecule has 278 valence electrons. The normalized spacial score (nSPS) is 12.0. The van der Waals surface area contributed by atoms with Gasteiger partial charge in [0.2, 0.25) is 0 Å². The molecule has 0 atom stereocenters. The fourth-order valence-electron chi connectivity index (χ4n) is 10.1. The predicted molar refractivity (Wildman–Crippen MR) is 247 cm³/mol. The van der Waals surface area contributed by atoms with E-state index in [2.05, 4.69) is 208 Å². The Morgan fingerprint density at radius 3 is 1.13 bits per heavy atom. The highest BCUT2D eigenvalue weighted by Crippen LogP contribution is 2.50. The maximum Gasteiger partial charge on any atom is 0.157 e. The molecule has 0 unspecified atom stereocenters. The Labute approximate surface area is 343 Å². The minimum atomic E-state index is 0.466. The van der Waals surface area contributed by atoms with E-state index in [0.717, 1.165) is 110 Å². The van der Waals surface area contributed by atoms with E-state index < -0.39 is 0 Å². The van der Waals surface area contributed by atoms with Crippen molar-refractivity contribution in [2.24, 2.45) is 0 Å². The van der Waals surface area contributed by atoms with Crippen LogP contribution >= 0.6 is 0 Å². The van der Waals surface area contributed by atoms with Gasteiger partial charge in [-0.3, -0.25) is 0 Å². The molecule has 0 radical (unpaired) electrons. The molecule has 0 amide bonds. The number of hydrogen-bond donors (Lipinski definition) is 0. The van der Waals surface area contributed by atoms with Crippen molar-refractivity contribution in [1.82, 2.24) is 13.7 Å². The van der Waals surface area contributed by atoms with Gasteiger partial charge in [0.1, 0.15) is 17.2 Å². The molecule has 5 heteroatoms. The Bertz CT molecular complexity index is 3800. The lowest BCUT2D eigenvalue weighted by Gasteiger charge is -2.24. The average Bonchev–Trinajstić information content (AvgIpc) is 4.05. The second-order valence-corrected chi connectivity index (χ2v) is 15.5. The van der Waals surface area contributed by atoms with Gasteiger partial charge in [0, 0.05) is 43.3 Å². The largest absolute Gasteiger partial charge is 0.454 e. The lowest BCUT2D eigenvalue weighted by atomic mass is 9.98. The van der Waals surface area contributed by atoms with Crippen molar-refractivity contribution in [1.29, 1.82) is 5.26 Å². The van der Waals surface area contributed by atoms with Crippen molar-refractivity contribution in [2.45, 2.75) is 0 Å². The summed E-state index contributed by atoms with van der Waals surface area (Å²) in [5, 5.41) is 20.5. The number of aromatic nitrogens is 3. The molecular formula is C55H32N4O. The Kier molecular flexibility index (Phi) is 6.73. The van der Waals surface area contributed by atoms with Gasteiger partial charge in [-0.05, 0) is 42.0 Å². The molecule has 0 saturated heterocycles. The van der Waals surface area contributed by atoms with Gasteiger partial charge in [-0.2, -0.15) is 5.26 Å². The molecule has 13 rings (SSSR count). The van der Waals surface area contributed by atoms with Gasteiger partial charge in [0.15, 0.2) is 5.58 Å². The van der Waals surface area contributed by atoms with E-state index >= 15 is 0 Å². The number of fused-ring (bicyclic) bond motifs is 12. The van der Waals surface area contributed by atoms with Gasteiger partial charge < -0.3 is 18.1 Å². The Morgan fingerprint density at radius 1 is 0.333 bits per heavy atom. The van der Waals surface area contributed by atoms with E-state index in [9.17, 15) is 5.26 Å². The highest BCUT2D eigenvalue weighted by atomic mass is 16.3. The van der Waals surface area contributed by atoms with Crippen LogP contribution in [0.4, 0.5) is 0 Å². The minimum absolute atomic E-state index is 0.466. The van der Waals surface area contributed by atoms with Gasteiger partial charge >= 0.3 is 0 Å². The van der Waals surface area contributed by atoms with Crippen molar-refractivity contribution in [3.63, 3.8) is 0 Å². The zero-order chi connectivity index (χ0) is 39.5. The summed E-state index contributed by atoms with van der Waals surface area (Å²) in [6.07, 6.45) is 0. The number of para-hydroxylation sites is 7. The van der Waals surface area contributed by atoms with Crippen molar-refractivity contribution in [3.05, 3.63) is 200 Å². The quantitative estimate of drug-likeness (QED) is 0.179. The fourth-order valence-corrected chi connectivity index (χ4v) is 10.1. The summed E-state index contributed by atoms with van der Waals surface area (Å²) in [5.41, 5.74) is 12.6. The summed E-state index contributed by atoms with van der Waals surface area (Å²) < 4.78 is 14.4. The topological polar surface area (TPSA) is 51.7 Å². The first kappa shape index (κ1) is 32.7. The molecule has 0 N–H and O–H groups in total. The van der Waals surface area contributed by atoms with E-state index in [-0.39, 0.29) is 0 Å². The number of furan rings is 1. The SMILES string of the molecule is N#Cc1c(-n2c3ccccc3c3ccccc32)c(-n2c3ccccc3c3ccccc32)c(-n2c3ccccc3c3ccccc32)c2c1oc1c(-c3ccccc3)cccc12. The lowest BCUT2D eigenvalue weighted by molar-refractivity contribution is 0.668. The van der Waals surface area contributed by atoms with Crippen LogP contribution in [0.15, 0.2) is 199 Å². The van der Waals surface area contributed by atoms with E-state index in [1.165, 1.54) is 0 Å². The van der Waals surface area contributed by atoms with Crippen LogP contribution in [0.5, 0.6) is 0 Å². The molecule has 9 aromatic carbocycles. The Hall–Kier alpha value is -8.33. The summed E-state index contributed by atoms with van der Waals surface area (Å²) in [5.74, 6) is 0. The van der Waals surface area contributed by atoms with E-state index in [1.54, 1.807) is 0 Å². The number of hydrogen-bond acceptors (Lipinski definition) is 2. The molecule has 0 bridgehead atoms. The van der Waals surface area contributed by atoms with Gasteiger partial charge in [-0.1, -0.05) is 158 Å². The predicted octanol–water partition coefficient (Wildman–Crippen LogP) is 14.4. The van der Waals surface area contributed by atoms with Crippen LogP contribution in [0.1, 0.15) is 5.56 Å². The molecule has 60 heavy (non-hydrogen) atoms. The standard InChI is InChI=1S/C55H32N4O/c56-33-43-51(57-44-27-10-4-19-36(44)37-20-5-11-28-45(37)57)53(59-48-31-14-8-23-40(48)41-24-9-15-32-49(41)59)52(58-46-29-12-6-21-38(46)39-22-7-13-30-47(39)58)50-42-26-16-25-35(54(42)60-55(43)50)34-17-2-1-3-18-34/h1-32H. The molecule has 13 aromatic rings. The van der Waals surface area contributed by atoms with Gasteiger partial charge in [-0.15, -0.1) is 0 Å². The van der Waals surface area contributed by atoms with Crippen LogP contribution in [0.25, 0.3) is 116 Å². The summed E-state index contributed by atoms with van der Waals surface area (Å²) in [7, 11) is 0. The maximum atomic E-state index is 11.8. The third kappa shape index (κ3) is 4.29. The zero-order valence-corrected chi connectivity index (χ0v) is 32.2. The van der Waals surface area contributed by atoms with Crippen molar-refractivity contribution in [3.8, 4) is 34.3 Å². The van der Waals surface area contributed by atoms with Crippen LogP contribution < -0.4 is 0 Å². The molecule has 5 nitrogen and oxygen atoms in total. The number of nitriles is 1. The van der Waals surface area contributed by atoms with Crippen LogP contribution in [-0.4, -0.2) is 13.7 Å². The van der Waals surface area contributed by atoms with Gasteiger partial charge in [-0.25, -0.2) is 0 Å².